The monoisotopic (exact) mass is 252 g/mol. The van der Waals surface area contributed by atoms with Crippen molar-refractivity contribution in [2.45, 2.75) is 47.0 Å². The third-order valence-corrected chi connectivity index (χ3v) is 3.94. The number of nitrogens with zero attached hydrogens (tertiary/aromatic N) is 2. The number of aromatic nitrogens is 2. The van der Waals surface area contributed by atoms with Gasteiger partial charge in [0.25, 0.3) is 0 Å². The molecule has 0 saturated carbocycles. The highest BCUT2D eigenvalue weighted by Gasteiger charge is 2.09. The van der Waals surface area contributed by atoms with Crippen molar-refractivity contribution < 1.29 is 0 Å². The van der Waals surface area contributed by atoms with Crippen molar-refractivity contribution in [2.75, 3.05) is 11.5 Å². The van der Waals surface area contributed by atoms with Crippen LogP contribution in [-0.2, 0) is 6.42 Å². The fourth-order valence-electron chi connectivity index (χ4n) is 1.42. The molecule has 0 bridgehead atoms. The summed E-state index contributed by atoms with van der Waals surface area (Å²) in [6, 6.07) is 2.14. The summed E-state index contributed by atoms with van der Waals surface area (Å²) >= 11 is 2.01. The molecule has 1 aromatic heterocycles. The maximum absolute atomic E-state index is 4.33. The van der Waals surface area contributed by atoms with Crippen LogP contribution in [0.3, 0.4) is 0 Å². The molecule has 0 unspecified atom stereocenters. The van der Waals surface area contributed by atoms with E-state index in [9.17, 15) is 0 Å². The Labute approximate surface area is 110 Å². The van der Waals surface area contributed by atoms with Crippen LogP contribution in [0.2, 0.25) is 0 Å². The molecule has 0 spiro atoms. The average molecular weight is 252 g/mol. The Morgan fingerprint density at radius 3 is 2.53 bits per heavy atom. The first-order valence-corrected chi connectivity index (χ1v) is 7.42. The van der Waals surface area contributed by atoms with Gasteiger partial charge in [-0.25, -0.2) is 9.97 Å². The lowest BCUT2D eigenvalue weighted by Gasteiger charge is -2.17. The van der Waals surface area contributed by atoms with Crippen LogP contribution in [-0.4, -0.2) is 21.5 Å². The van der Waals surface area contributed by atoms with E-state index in [1.165, 1.54) is 11.4 Å². The zero-order chi connectivity index (χ0) is 12.9. The minimum atomic E-state index is 0.416. The summed E-state index contributed by atoms with van der Waals surface area (Å²) in [5.74, 6) is 2.83. The summed E-state index contributed by atoms with van der Waals surface area (Å²) in [6.07, 6.45) is 2.74. The predicted octanol–water partition coefficient (Wildman–Crippen LogP) is 3.92. The smallest absolute Gasteiger partial charge is 0.115 e. The van der Waals surface area contributed by atoms with Gasteiger partial charge in [-0.05, 0) is 35.3 Å². The summed E-state index contributed by atoms with van der Waals surface area (Å²) in [5, 5.41) is 0. The highest BCUT2D eigenvalue weighted by atomic mass is 32.2. The molecule has 0 amide bonds. The van der Waals surface area contributed by atoms with E-state index in [0.29, 0.717) is 11.3 Å². The second kappa shape index (κ2) is 6.39. The first-order chi connectivity index (χ1) is 7.88. The van der Waals surface area contributed by atoms with Gasteiger partial charge >= 0.3 is 0 Å². The van der Waals surface area contributed by atoms with Gasteiger partial charge in [-0.2, -0.15) is 11.8 Å². The lowest BCUT2D eigenvalue weighted by atomic mass is 10.0. The molecular weight excluding hydrogens is 228 g/mol. The van der Waals surface area contributed by atoms with Crippen molar-refractivity contribution in [3.63, 3.8) is 0 Å². The number of hydrogen-bond acceptors (Lipinski definition) is 3. The first-order valence-electron chi connectivity index (χ1n) is 6.27. The number of hydrogen-bond donors (Lipinski definition) is 0. The van der Waals surface area contributed by atoms with Gasteiger partial charge in [0.05, 0.1) is 0 Å². The summed E-state index contributed by atoms with van der Waals surface area (Å²) in [6.45, 7) is 11.2. The van der Waals surface area contributed by atoms with Gasteiger partial charge in [-0.3, -0.25) is 0 Å². The van der Waals surface area contributed by atoms with Crippen LogP contribution in [0.15, 0.2) is 12.4 Å². The molecule has 17 heavy (non-hydrogen) atoms. The molecule has 0 fully saturated rings. The third-order valence-electron chi connectivity index (χ3n) is 2.37. The fraction of sp³-hybridized carbons (Fsp3) is 0.714. The van der Waals surface area contributed by atoms with E-state index in [-0.39, 0.29) is 0 Å². The SMILES string of the molecule is CC(C)c1cc(CCSCC(C)(C)C)ncn1. The van der Waals surface area contributed by atoms with Crippen LogP contribution in [0.1, 0.15) is 51.9 Å². The van der Waals surface area contributed by atoms with Crippen molar-refractivity contribution in [1.29, 1.82) is 0 Å². The van der Waals surface area contributed by atoms with E-state index >= 15 is 0 Å². The minimum absolute atomic E-state index is 0.416. The molecule has 0 saturated heterocycles. The predicted molar refractivity (Wildman–Crippen MR) is 76.6 cm³/mol. The summed E-state index contributed by atoms with van der Waals surface area (Å²) in [7, 11) is 0. The number of rotatable bonds is 5. The second-order valence-corrected chi connectivity index (χ2v) is 7.06. The van der Waals surface area contributed by atoms with Crippen molar-refractivity contribution in [1.82, 2.24) is 9.97 Å². The van der Waals surface area contributed by atoms with Crippen LogP contribution in [0, 0.1) is 5.41 Å². The Kier molecular flexibility index (Phi) is 5.44. The highest BCUT2D eigenvalue weighted by Crippen LogP contribution is 2.21. The molecule has 1 heterocycles. The lowest BCUT2D eigenvalue weighted by molar-refractivity contribution is 0.481. The molecule has 0 aliphatic carbocycles. The summed E-state index contributed by atoms with van der Waals surface area (Å²) in [5.41, 5.74) is 2.74. The van der Waals surface area contributed by atoms with Crippen molar-refractivity contribution in [3.8, 4) is 0 Å². The number of thioether (sulfide) groups is 1. The first kappa shape index (κ1) is 14.5. The quantitative estimate of drug-likeness (QED) is 0.743. The lowest BCUT2D eigenvalue weighted by Crippen LogP contribution is -2.09. The highest BCUT2D eigenvalue weighted by molar-refractivity contribution is 7.99. The maximum atomic E-state index is 4.33. The molecule has 1 aromatic rings. The normalized spacial score (nSPS) is 12.1. The van der Waals surface area contributed by atoms with E-state index in [1.54, 1.807) is 6.33 Å². The second-order valence-electron chi connectivity index (χ2n) is 5.95. The van der Waals surface area contributed by atoms with Crippen molar-refractivity contribution >= 4 is 11.8 Å². The largest absolute Gasteiger partial charge is 0.241 e. The van der Waals surface area contributed by atoms with E-state index < -0.39 is 0 Å². The van der Waals surface area contributed by atoms with Crippen LogP contribution >= 0.6 is 11.8 Å². The van der Waals surface area contributed by atoms with Gasteiger partial charge in [0.2, 0.25) is 0 Å². The molecule has 0 aliphatic heterocycles. The zero-order valence-corrected chi connectivity index (χ0v) is 12.5. The topological polar surface area (TPSA) is 25.8 Å². The van der Waals surface area contributed by atoms with Gasteiger partial charge in [0.15, 0.2) is 0 Å². The van der Waals surface area contributed by atoms with Crippen LogP contribution < -0.4 is 0 Å². The average Bonchev–Trinajstić information content (AvgIpc) is 2.23. The summed E-state index contributed by atoms with van der Waals surface area (Å²) < 4.78 is 0. The molecule has 3 heteroatoms. The Morgan fingerprint density at radius 1 is 1.24 bits per heavy atom. The zero-order valence-electron chi connectivity index (χ0n) is 11.7. The van der Waals surface area contributed by atoms with E-state index in [0.717, 1.165) is 17.9 Å². The third kappa shape index (κ3) is 6.06. The van der Waals surface area contributed by atoms with E-state index in [4.69, 9.17) is 0 Å². The molecular formula is C14H24N2S. The molecule has 96 valence electrons. The van der Waals surface area contributed by atoms with Crippen LogP contribution in [0.4, 0.5) is 0 Å². The van der Waals surface area contributed by atoms with Gasteiger partial charge in [0, 0.05) is 11.4 Å². The van der Waals surface area contributed by atoms with Crippen molar-refractivity contribution in [2.24, 2.45) is 5.41 Å². The molecule has 0 radical (unpaired) electrons. The molecule has 0 atom stereocenters. The van der Waals surface area contributed by atoms with Gasteiger partial charge in [-0.15, -0.1) is 0 Å². The summed E-state index contributed by atoms with van der Waals surface area (Å²) in [4.78, 5) is 8.62. The van der Waals surface area contributed by atoms with E-state index in [1.807, 2.05) is 11.8 Å². The minimum Gasteiger partial charge on any atom is -0.241 e. The molecule has 0 aromatic carbocycles. The van der Waals surface area contributed by atoms with Gasteiger partial charge in [0.1, 0.15) is 6.33 Å². The maximum Gasteiger partial charge on any atom is 0.115 e. The molecule has 0 N–H and O–H groups in total. The number of aryl methyl sites for hydroxylation is 1. The fourth-order valence-corrected chi connectivity index (χ4v) is 2.53. The van der Waals surface area contributed by atoms with Crippen LogP contribution in [0.5, 0.6) is 0 Å². The Morgan fingerprint density at radius 2 is 1.94 bits per heavy atom. The van der Waals surface area contributed by atoms with E-state index in [2.05, 4.69) is 50.7 Å². The van der Waals surface area contributed by atoms with Gasteiger partial charge in [-0.1, -0.05) is 34.6 Å². The van der Waals surface area contributed by atoms with Crippen molar-refractivity contribution in [3.05, 3.63) is 23.8 Å². The molecule has 2 nitrogen and oxygen atoms in total. The van der Waals surface area contributed by atoms with Crippen LogP contribution in [0.25, 0.3) is 0 Å². The molecule has 0 aliphatic rings. The Bertz CT molecular complexity index is 342. The Hall–Kier alpha value is -0.570. The molecule has 1 rings (SSSR count). The standard InChI is InChI=1S/C14H24N2S/c1-11(2)13-8-12(15-10-16-13)6-7-17-9-14(3,4)5/h8,10-11H,6-7,9H2,1-5H3. The Balaban J connectivity index is 2.39. The van der Waals surface area contributed by atoms with Gasteiger partial charge < -0.3 is 0 Å².